The number of rotatable bonds is 1. The first-order valence-electron chi connectivity index (χ1n) is 3.76. The van der Waals surface area contributed by atoms with Crippen molar-refractivity contribution in [2.45, 2.75) is 13.3 Å². The van der Waals surface area contributed by atoms with Gasteiger partial charge >= 0.3 is 6.36 Å². The van der Waals surface area contributed by atoms with Crippen LogP contribution in [0.15, 0.2) is 6.20 Å². The van der Waals surface area contributed by atoms with E-state index in [-0.39, 0.29) is 16.9 Å². The maximum absolute atomic E-state index is 11.9. The Hall–Kier alpha value is -1.97. The highest BCUT2D eigenvalue weighted by Gasteiger charge is 2.32. The SMILES string of the molecule is Cc1c(C#N)ncc(OC(F)(F)F)c1N. The molecule has 15 heavy (non-hydrogen) atoms. The van der Waals surface area contributed by atoms with Gasteiger partial charge in [-0.1, -0.05) is 0 Å². The van der Waals surface area contributed by atoms with Gasteiger partial charge in [0, 0.05) is 5.56 Å². The topological polar surface area (TPSA) is 71.9 Å². The standard InChI is InChI=1S/C8H6F3N3O/c1-4-5(2-12)14-3-6(7(4)13)15-8(9,10)11/h3H,1H3,(H2,13,14). The Balaban J connectivity index is 3.14. The molecule has 1 rings (SSSR count). The summed E-state index contributed by atoms with van der Waals surface area (Å²) >= 11 is 0. The summed E-state index contributed by atoms with van der Waals surface area (Å²) in [5.74, 6) is -0.598. The quantitative estimate of drug-likeness (QED) is 0.777. The summed E-state index contributed by atoms with van der Waals surface area (Å²) in [5, 5.41) is 8.54. The molecular formula is C8H6F3N3O. The van der Waals surface area contributed by atoms with Gasteiger partial charge in [0.25, 0.3) is 0 Å². The zero-order chi connectivity index (χ0) is 11.6. The predicted molar refractivity (Wildman–Crippen MR) is 44.8 cm³/mol. The zero-order valence-electron chi connectivity index (χ0n) is 7.59. The molecule has 0 spiro atoms. The van der Waals surface area contributed by atoms with Gasteiger partial charge in [0.2, 0.25) is 0 Å². The van der Waals surface area contributed by atoms with Crippen molar-refractivity contribution >= 4 is 5.69 Å². The molecule has 1 aromatic rings. The van der Waals surface area contributed by atoms with Crippen LogP contribution in [0.5, 0.6) is 5.75 Å². The molecule has 2 N–H and O–H groups in total. The van der Waals surface area contributed by atoms with Crippen LogP contribution >= 0.6 is 0 Å². The molecule has 0 atom stereocenters. The molecule has 0 unspecified atom stereocenters. The fraction of sp³-hybridized carbons (Fsp3) is 0.250. The minimum Gasteiger partial charge on any atom is -0.402 e. The number of nitriles is 1. The number of hydrogen-bond donors (Lipinski definition) is 1. The van der Waals surface area contributed by atoms with Crippen LogP contribution in [-0.4, -0.2) is 11.3 Å². The maximum atomic E-state index is 11.9. The summed E-state index contributed by atoms with van der Waals surface area (Å²) in [6, 6.07) is 1.70. The minimum absolute atomic E-state index is 0.0259. The minimum atomic E-state index is -4.82. The van der Waals surface area contributed by atoms with Crippen LogP contribution in [0.2, 0.25) is 0 Å². The number of nitrogens with two attached hydrogens (primary N) is 1. The lowest BCUT2D eigenvalue weighted by atomic mass is 10.2. The van der Waals surface area contributed by atoms with E-state index < -0.39 is 12.1 Å². The molecule has 0 aliphatic rings. The van der Waals surface area contributed by atoms with Crippen molar-refractivity contribution in [1.29, 1.82) is 5.26 Å². The van der Waals surface area contributed by atoms with Crippen molar-refractivity contribution in [3.8, 4) is 11.8 Å². The van der Waals surface area contributed by atoms with Gasteiger partial charge in [0.1, 0.15) is 11.8 Å². The Bertz CT molecular complexity index is 422. The van der Waals surface area contributed by atoms with Crippen molar-refractivity contribution in [1.82, 2.24) is 4.98 Å². The Morgan fingerprint density at radius 1 is 1.53 bits per heavy atom. The molecule has 1 heterocycles. The van der Waals surface area contributed by atoms with Crippen molar-refractivity contribution in [3.05, 3.63) is 17.5 Å². The van der Waals surface area contributed by atoms with Crippen molar-refractivity contribution < 1.29 is 17.9 Å². The van der Waals surface area contributed by atoms with Gasteiger partial charge in [-0.25, -0.2) is 4.98 Å². The fourth-order valence-electron chi connectivity index (χ4n) is 0.921. The highest BCUT2D eigenvalue weighted by molar-refractivity contribution is 5.60. The Labute approximate surface area is 83.1 Å². The van der Waals surface area contributed by atoms with E-state index >= 15 is 0 Å². The first-order valence-corrected chi connectivity index (χ1v) is 3.76. The molecule has 0 saturated heterocycles. The first kappa shape index (κ1) is 11.1. The van der Waals surface area contributed by atoms with Crippen LogP contribution in [0, 0.1) is 18.3 Å². The number of aromatic nitrogens is 1. The van der Waals surface area contributed by atoms with E-state index in [2.05, 4.69) is 9.72 Å². The summed E-state index contributed by atoms with van der Waals surface area (Å²) < 4.78 is 39.2. The maximum Gasteiger partial charge on any atom is 0.573 e. The molecule has 0 bridgehead atoms. The summed E-state index contributed by atoms with van der Waals surface area (Å²) in [6.45, 7) is 1.39. The number of hydrogen-bond acceptors (Lipinski definition) is 4. The van der Waals surface area contributed by atoms with Gasteiger partial charge in [-0.15, -0.1) is 13.2 Å². The van der Waals surface area contributed by atoms with E-state index in [1.807, 2.05) is 0 Å². The van der Waals surface area contributed by atoms with Crippen LogP contribution in [0.1, 0.15) is 11.3 Å². The second-order valence-electron chi connectivity index (χ2n) is 2.67. The molecule has 0 radical (unpaired) electrons. The van der Waals surface area contributed by atoms with Gasteiger partial charge in [0.15, 0.2) is 5.75 Å². The highest BCUT2D eigenvalue weighted by Crippen LogP contribution is 2.30. The number of halogens is 3. The third-order valence-electron chi connectivity index (χ3n) is 1.67. The summed E-state index contributed by atoms with van der Waals surface area (Å²) in [4.78, 5) is 3.48. The fourth-order valence-corrected chi connectivity index (χ4v) is 0.921. The van der Waals surface area contributed by atoms with E-state index in [9.17, 15) is 13.2 Å². The Morgan fingerprint density at radius 3 is 2.60 bits per heavy atom. The van der Waals surface area contributed by atoms with E-state index in [4.69, 9.17) is 11.0 Å². The summed E-state index contributed by atoms with van der Waals surface area (Å²) in [5.41, 5.74) is 5.25. The summed E-state index contributed by atoms with van der Waals surface area (Å²) in [7, 11) is 0. The van der Waals surface area contributed by atoms with E-state index in [1.54, 1.807) is 6.07 Å². The van der Waals surface area contributed by atoms with Crippen molar-refractivity contribution in [2.75, 3.05) is 5.73 Å². The molecule has 80 valence electrons. The monoisotopic (exact) mass is 217 g/mol. The predicted octanol–water partition coefficient (Wildman–Crippen LogP) is 1.74. The van der Waals surface area contributed by atoms with Gasteiger partial charge in [0.05, 0.1) is 11.9 Å². The molecule has 0 aromatic carbocycles. The molecule has 0 amide bonds. The lowest BCUT2D eigenvalue weighted by molar-refractivity contribution is -0.274. The molecule has 7 heteroatoms. The lowest BCUT2D eigenvalue weighted by Gasteiger charge is -2.12. The van der Waals surface area contributed by atoms with Gasteiger partial charge in [-0.05, 0) is 6.92 Å². The largest absolute Gasteiger partial charge is 0.573 e. The van der Waals surface area contributed by atoms with E-state index in [1.165, 1.54) is 6.92 Å². The number of nitrogens with zero attached hydrogens (tertiary/aromatic N) is 2. The highest BCUT2D eigenvalue weighted by atomic mass is 19.4. The molecular weight excluding hydrogens is 211 g/mol. The Kier molecular flexibility index (Phi) is 2.70. The molecule has 0 saturated carbocycles. The summed E-state index contributed by atoms with van der Waals surface area (Å²) in [6.07, 6.45) is -4.05. The van der Waals surface area contributed by atoms with Crippen LogP contribution in [0.3, 0.4) is 0 Å². The molecule has 0 fully saturated rings. The number of alkyl halides is 3. The second-order valence-corrected chi connectivity index (χ2v) is 2.67. The van der Waals surface area contributed by atoms with E-state index in [0.29, 0.717) is 0 Å². The number of anilines is 1. The Morgan fingerprint density at radius 2 is 2.13 bits per heavy atom. The zero-order valence-corrected chi connectivity index (χ0v) is 7.59. The third kappa shape index (κ3) is 2.49. The van der Waals surface area contributed by atoms with Crippen LogP contribution in [-0.2, 0) is 0 Å². The number of nitrogen functional groups attached to an aromatic ring is 1. The third-order valence-corrected chi connectivity index (χ3v) is 1.67. The van der Waals surface area contributed by atoms with Gasteiger partial charge in [-0.2, -0.15) is 5.26 Å². The molecule has 4 nitrogen and oxygen atoms in total. The van der Waals surface area contributed by atoms with E-state index in [0.717, 1.165) is 6.20 Å². The number of ether oxygens (including phenoxy) is 1. The molecule has 1 aromatic heterocycles. The van der Waals surface area contributed by atoms with Crippen LogP contribution in [0.25, 0.3) is 0 Å². The first-order chi connectivity index (χ1) is 6.85. The second kappa shape index (κ2) is 3.65. The van der Waals surface area contributed by atoms with Crippen LogP contribution in [0.4, 0.5) is 18.9 Å². The van der Waals surface area contributed by atoms with Crippen molar-refractivity contribution in [2.24, 2.45) is 0 Å². The van der Waals surface area contributed by atoms with Crippen molar-refractivity contribution in [3.63, 3.8) is 0 Å². The molecule has 0 aliphatic heterocycles. The van der Waals surface area contributed by atoms with Gasteiger partial charge < -0.3 is 10.5 Å². The number of pyridine rings is 1. The lowest BCUT2D eigenvalue weighted by Crippen LogP contribution is -2.18. The normalized spacial score (nSPS) is 10.9. The smallest absolute Gasteiger partial charge is 0.402 e. The average Bonchev–Trinajstić information content (AvgIpc) is 2.11. The average molecular weight is 217 g/mol. The molecule has 0 aliphatic carbocycles. The van der Waals surface area contributed by atoms with Gasteiger partial charge in [-0.3, -0.25) is 0 Å². The van der Waals surface area contributed by atoms with Crippen LogP contribution < -0.4 is 10.5 Å².